The largest absolute Gasteiger partial charge is 0.311 e. The molecule has 0 unspecified atom stereocenters. The number of para-hydroxylation sites is 1. The van der Waals surface area contributed by atoms with Crippen LogP contribution in [-0.4, -0.2) is 0 Å². The molecule has 0 spiro atoms. The minimum absolute atomic E-state index is 0.638. The monoisotopic (exact) mass is 448 g/mol. The molecule has 0 aliphatic heterocycles. The van der Waals surface area contributed by atoms with Crippen LogP contribution in [0.15, 0.2) is 108 Å². The normalized spacial score (nSPS) is 9.87. The zero-order chi connectivity index (χ0) is 20.8. The summed E-state index contributed by atoms with van der Waals surface area (Å²) in [5, 5.41) is 8.89. The second-order valence-electron chi connectivity index (χ2n) is 6.63. The van der Waals surface area contributed by atoms with E-state index in [0.717, 1.165) is 32.7 Å². The Balaban J connectivity index is 1.64. The molecule has 142 valence electrons. The molecule has 30 heavy (non-hydrogen) atoms. The van der Waals surface area contributed by atoms with Gasteiger partial charge in [-0.05, 0) is 84.9 Å². The summed E-state index contributed by atoms with van der Waals surface area (Å²) in [6.45, 7) is 0. The average molecular weight is 449 g/mol. The van der Waals surface area contributed by atoms with Gasteiger partial charge in [-0.15, -0.1) is 0 Å². The Morgan fingerprint density at radius 2 is 0.967 bits per heavy atom. The molecule has 4 aromatic carbocycles. The van der Waals surface area contributed by atoms with Crippen molar-refractivity contribution in [2.24, 2.45) is 0 Å². The molecule has 0 aliphatic rings. The van der Waals surface area contributed by atoms with Gasteiger partial charge in [0.15, 0.2) is 0 Å². The van der Waals surface area contributed by atoms with Gasteiger partial charge < -0.3 is 4.90 Å². The lowest BCUT2D eigenvalue weighted by atomic mass is 10.1. The van der Waals surface area contributed by atoms with Crippen molar-refractivity contribution < 1.29 is 0 Å². The van der Waals surface area contributed by atoms with Gasteiger partial charge in [-0.3, -0.25) is 0 Å². The number of anilines is 3. The summed E-state index contributed by atoms with van der Waals surface area (Å²) >= 11 is 3.51. The molecule has 3 heteroatoms. The molecule has 2 nitrogen and oxygen atoms in total. The Labute approximate surface area is 185 Å². The van der Waals surface area contributed by atoms with Gasteiger partial charge in [0.25, 0.3) is 0 Å². The second-order valence-corrected chi connectivity index (χ2v) is 7.55. The molecule has 0 aromatic heterocycles. The Bertz CT molecular complexity index is 1230. The van der Waals surface area contributed by atoms with Gasteiger partial charge in [-0.2, -0.15) is 5.26 Å². The number of nitrogens with zero attached hydrogens (tertiary/aromatic N) is 2. The van der Waals surface area contributed by atoms with Crippen LogP contribution in [0.5, 0.6) is 0 Å². The molecule has 0 fully saturated rings. The Morgan fingerprint density at radius 1 is 0.533 bits per heavy atom. The zero-order valence-corrected chi connectivity index (χ0v) is 17.7. The van der Waals surface area contributed by atoms with E-state index in [-0.39, 0.29) is 0 Å². The Hall–Kier alpha value is -3.79. The Morgan fingerprint density at radius 3 is 1.50 bits per heavy atom. The van der Waals surface area contributed by atoms with E-state index in [1.54, 1.807) is 12.1 Å². The van der Waals surface area contributed by atoms with Crippen molar-refractivity contribution >= 4 is 33.0 Å². The SMILES string of the molecule is N#Cc1ccc(C#Cc2ccc(N(c3ccccc3)c3ccc(Br)cc3)cc2)cc1. The quantitative estimate of drug-likeness (QED) is 0.310. The first-order valence-corrected chi connectivity index (χ1v) is 10.3. The van der Waals surface area contributed by atoms with Gasteiger partial charge in [0.2, 0.25) is 0 Å². The molecule has 0 saturated heterocycles. The molecule has 4 aromatic rings. The lowest BCUT2D eigenvalue weighted by Crippen LogP contribution is -2.09. The van der Waals surface area contributed by atoms with Crippen molar-refractivity contribution in [3.8, 4) is 17.9 Å². The summed E-state index contributed by atoms with van der Waals surface area (Å²) < 4.78 is 1.05. The van der Waals surface area contributed by atoms with Gasteiger partial charge in [-0.1, -0.05) is 46.0 Å². The first kappa shape index (κ1) is 19.5. The van der Waals surface area contributed by atoms with E-state index in [9.17, 15) is 0 Å². The van der Waals surface area contributed by atoms with E-state index < -0.39 is 0 Å². The maximum absolute atomic E-state index is 8.89. The first-order chi connectivity index (χ1) is 14.7. The van der Waals surface area contributed by atoms with E-state index in [1.807, 2.05) is 54.6 Å². The Kier molecular flexibility index (Phi) is 5.95. The van der Waals surface area contributed by atoms with Crippen molar-refractivity contribution in [2.75, 3.05) is 4.90 Å². The topological polar surface area (TPSA) is 27.0 Å². The van der Waals surface area contributed by atoms with Crippen molar-refractivity contribution in [1.29, 1.82) is 5.26 Å². The van der Waals surface area contributed by atoms with Crippen molar-refractivity contribution in [3.05, 3.63) is 124 Å². The predicted molar refractivity (Wildman–Crippen MR) is 126 cm³/mol. The smallest absolute Gasteiger partial charge is 0.0991 e. The number of rotatable bonds is 3. The van der Waals surface area contributed by atoms with Crippen LogP contribution in [0, 0.1) is 23.2 Å². The third kappa shape index (κ3) is 4.61. The van der Waals surface area contributed by atoms with Crippen LogP contribution in [-0.2, 0) is 0 Å². The van der Waals surface area contributed by atoms with E-state index in [0.29, 0.717) is 5.56 Å². The summed E-state index contributed by atoms with van der Waals surface area (Å²) in [5.41, 5.74) is 5.70. The summed E-state index contributed by atoms with van der Waals surface area (Å²) in [6, 6.07) is 36.2. The lowest BCUT2D eigenvalue weighted by Gasteiger charge is -2.25. The van der Waals surface area contributed by atoms with E-state index in [4.69, 9.17) is 5.26 Å². The molecule has 4 rings (SSSR count). The molecule has 0 heterocycles. The fraction of sp³-hybridized carbons (Fsp3) is 0. The number of nitriles is 1. The fourth-order valence-electron chi connectivity index (χ4n) is 3.08. The highest BCUT2D eigenvalue weighted by molar-refractivity contribution is 9.10. The third-order valence-electron chi connectivity index (χ3n) is 4.59. The predicted octanol–water partition coefficient (Wildman–Crippen LogP) is 7.19. The number of hydrogen-bond acceptors (Lipinski definition) is 2. The molecular formula is C27H17BrN2. The van der Waals surface area contributed by atoms with Crippen LogP contribution in [0.4, 0.5) is 17.1 Å². The molecule has 0 saturated carbocycles. The number of hydrogen-bond donors (Lipinski definition) is 0. The highest BCUT2D eigenvalue weighted by Gasteiger charge is 2.11. The molecular weight excluding hydrogens is 432 g/mol. The van der Waals surface area contributed by atoms with Gasteiger partial charge in [0, 0.05) is 32.7 Å². The van der Waals surface area contributed by atoms with Gasteiger partial charge >= 0.3 is 0 Å². The second kappa shape index (κ2) is 9.14. The fourth-order valence-corrected chi connectivity index (χ4v) is 3.35. The maximum atomic E-state index is 8.89. The lowest BCUT2D eigenvalue weighted by molar-refractivity contribution is 1.28. The van der Waals surface area contributed by atoms with Crippen LogP contribution < -0.4 is 4.90 Å². The molecule has 0 amide bonds. The van der Waals surface area contributed by atoms with E-state index in [2.05, 4.69) is 75.1 Å². The molecule has 0 bridgehead atoms. The zero-order valence-electron chi connectivity index (χ0n) is 16.1. The molecule has 0 atom stereocenters. The summed E-state index contributed by atoms with van der Waals surface area (Å²) in [5.74, 6) is 6.35. The minimum Gasteiger partial charge on any atom is -0.311 e. The van der Waals surface area contributed by atoms with Crippen LogP contribution >= 0.6 is 15.9 Å². The average Bonchev–Trinajstić information content (AvgIpc) is 2.81. The highest BCUT2D eigenvalue weighted by atomic mass is 79.9. The first-order valence-electron chi connectivity index (χ1n) is 9.46. The van der Waals surface area contributed by atoms with Gasteiger partial charge in [0.1, 0.15) is 0 Å². The van der Waals surface area contributed by atoms with Crippen molar-refractivity contribution in [3.63, 3.8) is 0 Å². The van der Waals surface area contributed by atoms with Crippen molar-refractivity contribution in [1.82, 2.24) is 0 Å². The molecule has 0 aliphatic carbocycles. The van der Waals surface area contributed by atoms with Crippen LogP contribution in [0.2, 0.25) is 0 Å². The molecule has 0 N–H and O–H groups in total. The third-order valence-corrected chi connectivity index (χ3v) is 5.12. The van der Waals surface area contributed by atoms with E-state index in [1.165, 1.54) is 0 Å². The minimum atomic E-state index is 0.638. The maximum Gasteiger partial charge on any atom is 0.0991 e. The standard InChI is InChI=1S/C27H17BrN2/c28-24-14-18-27(19-15-24)30(25-4-2-1-3-5-25)26-16-12-22(13-17-26)7-6-21-8-10-23(20-29)11-9-21/h1-5,8-19H. The molecule has 0 radical (unpaired) electrons. The number of halogens is 1. The van der Waals surface area contributed by atoms with Crippen molar-refractivity contribution in [2.45, 2.75) is 0 Å². The summed E-state index contributed by atoms with van der Waals surface area (Å²) in [4.78, 5) is 2.21. The van der Waals surface area contributed by atoms with Crippen LogP contribution in [0.3, 0.4) is 0 Å². The number of benzene rings is 4. The van der Waals surface area contributed by atoms with Gasteiger partial charge in [0.05, 0.1) is 11.6 Å². The summed E-state index contributed by atoms with van der Waals surface area (Å²) in [7, 11) is 0. The highest BCUT2D eigenvalue weighted by Crippen LogP contribution is 2.34. The van der Waals surface area contributed by atoms with Gasteiger partial charge in [-0.25, -0.2) is 0 Å². The van der Waals surface area contributed by atoms with Crippen LogP contribution in [0.25, 0.3) is 0 Å². The van der Waals surface area contributed by atoms with E-state index >= 15 is 0 Å². The van der Waals surface area contributed by atoms with Crippen LogP contribution in [0.1, 0.15) is 16.7 Å². The summed E-state index contributed by atoms with van der Waals surface area (Å²) in [6.07, 6.45) is 0.